The van der Waals surface area contributed by atoms with E-state index in [1.54, 1.807) is 65.5 Å². The summed E-state index contributed by atoms with van der Waals surface area (Å²) in [5.74, 6) is -0.181. The van der Waals surface area contributed by atoms with Crippen LogP contribution in [0.3, 0.4) is 0 Å². The molecule has 568 valence electrons. The third-order valence-corrected chi connectivity index (χ3v) is 15.5. The molecule has 8 rings (SSSR count). The Labute approximate surface area is 606 Å². The fourth-order valence-electron chi connectivity index (χ4n) is 8.86. The molecule has 0 aliphatic carbocycles. The lowest BCUT2D eigenvalue weighted by molar-refractivity contribution is -0.905. The van der Waals surface area contributed by atoms with Crippen LogP contribution in [0, 0.1) is 11.6 Å². The van der Waals surface area contributed by atoms with Crippen molar-refractivity contribution < 1.29 is 99.2 Å². The molecule has 103 heavy (non-hydrogen) atoms. The molecule has 26 heteroatoms. The van der Waals surface area contributed by atoms with Crippen LogP contribution in [0.25, 0.3) is 0 Å². The second kappa shape index (κ2) is 41.8. The molecule has 0 aliphatic rings. The summed E-state index contributed by atoms with van der Waals surface area (Å²) >= 11 is 17.0. The van der Waals surface area contributed by atoms with Crippen LogP contribution in [0.15, 0.2) is 158 Å². The van der Waals surface area contributed by atoms with Gasteiger partial charge in [0.2, 0.25) is 12.4 Å². The number of alkyl halides is 15. The zero-order chi connectivity index (χ0) is 79.6. The van der Waals surface area contributed by atoms with E-state index in [1.807, 2.05) is 65.8 Å². The molecule has 8 aromatic rings. The maximum atomic E-state index is 12.6. The average Bonchev–Trinajstić information content (AvgIpc) is 0.746. The van der Waals surface area contributed by atoms with Crippen LogP contribution in [-0.4, -0.2) is 28.4 Å². The molecule has 0 saturated heterocycles. The Kier molecular flexibility index (Phi) is 37.9. The van der Waals surface area contributed by atoms with Gasteiger partial charge in [-0.15, -0.1) is 0 Å². The van der Waals surface area contributed by atoms with E-state index in [9.17, 15) is 79.4 Å². The van der Waals surface area contributed by atoms with Gasteiger partial charge < -0.3 is 9.84 Å². The van der Waals surface area contributed by atoms with E-state index in [4.69, 9.17) is 49.9 Å². The minimum Gasteiger partial charge on any atom is -0.497 e. The molecule has 0 bridgehead atoms. The third-order valence-electron chi connectivity index (χ3n) is 14.7. The summed E-state index contributed by atoms with van der Waals surface area (Å²) in [6, 6.07) is 31.6. The summed E-state index contributed by atoms with van der Waals surface area (Å²) in [5, 5.41) is 18.3. The van der Waals surface area contributed by atoms with E-state index < -0.39 is 76.4 Å². The van der Waals surface area contributed by atoms with Crippen molar-refractivity contribution >= 4 is 40.8 Å². The van der Waals surface area contributed by atoms with E-state index in [2.05, 4.69) is 44.8 Å². The van der Waals surface area contributed by atoms with E-state index in [0.29, 0.717) is 40.8 Å². The number of ether oxygens (including phenoxy) is 1. The van der Waals surface area contributed by atoms with E-state index in [1.165, 1.54) is 61.9 Å². The summed E-state index contributed by atoms with van der Waals surface area (Å²) < 4.78 is 218. The fraction of sp³-hybridized carbons (Fsp3) is 0.390. The second-order valence-electron chi connectivity index (χ2n) is 25.5. The molecule has 0 saturated carbocycles. The molecule has 2 heterocycles. The number of hydrogen-bond acceptors (Lipinski definition) is 4. The minimum absolute atomic E-state index is 0.0967. The number of hydrogen-bond donors (Lipinski definition) is 2. The van der Waals surface area contributed by atoms with Gasteiger partial charge in [0.1, 0.15) is 23.1 Å². The summed E-state index contributed by atoms with van der Waals surface area (Å²) in [4.78, 5) is 14.2. The smallest absolute Gasteiger partial charge is 0.416 e. The van der Waals surface area contributed by atoms with Crippen LogP contribution in [0.2, 0.25) is 15.1 Å². The third kappa shape index (κ3) is 33.4. The Balaban J connectivity index is 0.000000591. The first kappa shape index (κ1) is 93.4. The predicted octanol–water partition coefficient (Wildman–Crippen LogP) is 27.4. The molecule has 0 spiro atoms. The Morgan fingerprint density at radius 3 is 1.11 bits per heavy atom. The largest absolute Gasteiger partial charge is 0.497 e. The average molecular weight is 1530 g/mol. The number of benzene rings is 6. The van der Waals surface area contributed by atoms with Crippen LogP contribution in [-0.2, 0) is 30.9 Å². The molecule has 6 aromatic carbocycles. The molecular weight excluding hydrogens is 1450 g/mol. The monoisotopic (exact) mass is 1530 g/mol. The summed E-state index contributed by atoms with van der Waals surface area (Å²) in [7, 11) is 1.68. The lowest BCUT2D eigenvalue weighted by Gasteiger charge is -2.17. The van der Waals surface area contributed by atoms with Crippen LogP contribution >= 0.6 is 34.8 Å². The summed E-state index contributed by atoms with van der Waals surface area (Å²) in [6.07, 6.45) is -17.8. The molecule has 0 amide bonds. The van der Waals surface area contributed by atoms with Crippen LogP contribution in [0.5, 0.6) is 5.75 Å². The lowest BCUT2D eigenvalue weighted by atomic mass is 9.95. The Bertz CT molecular complexity index is 3800. The SMILES string of the molecule is CC(C)c1ccc(C(=O)O)nc1.CC(C)c1ccc(C(F)(F)F)cc1C(F)(F)F.CC(C)c1ccc(C(F)(F)F)cc1Cl.CC(C)c1ccc(Cl)cc1C(F)(F)F.CC(C)c1ccc(F)cc1C(F)(F)F.CC(C)c1ccc(F)cc1Cl.CC(C)c1ccc[n+](O)c1.COc1ccc(C(C)C)cc1. The van der Waals surface area contributed by atoms with Gasteiger partial charge in [-0.1, -0.05) is 194 Å². The molecule has 2 aromatic heterocycles. The molecule has 6 nitrogen and oxygen atoms in total. The van der Waals surface area contributed by atoms with Gasteiger partial charge in [0.25, 0.3) is 0 Å². The minimum atomic E-state index is -4.78. The molecule has 2 N–H and O–H groups in total. The first-order valence-electron chi connectivity index (χ1n) is 32.0. The van der Waals surface area contributed by atoms with Crippen molar-refractivity contribution in [1.82, 2.24) is 4.98 Å². The Morgan fingerprint density at radius 2 is 0.767 bits per heavy atom. The number of aromatic carboxylic acids is 1. The quantitative estimate of drug-likeness (QED) is 0.0810. The fourth-order valence-corrected chi connectivity index (χ4v) is 9.82. The van der Waals surface area contributed by atoms with Crippen LogP contribution in [0.1, 0.15) is 241 Å². The lowest BCUT2D eigenvalue weighted by Crippen LogP contribution is -2.28. The molecule has 0 radical (unpaired) electrons. The van der Waals surface area contributed by atoms with E-state index >= 15 is 0 Å². The zero-order valence-corrected chi connectivity index (χ0v) is 62.1. The maximum Gasteiger partial charge on any atom is 0.416 e. The topological polar surface area (TPSA) is 83.5 Å². The number of methoxy groups -OCH3 is 1. The number of rotatable bonds is 10. The first-order chi connectivity index (χ1) is 47.1. The van der Waals surface area contributed by atoms with Crippen LogP contribution < -0.4 is 9.47 Å². The number of aromatic nitrogens is 2. The van der Waals surface area contributed by atoms with E-state index in [-0.39, 0.29) is 62.1 Å². The number of nitrogens with zero attached hydrogens (tertiary/aromatic N) is 2. The second-order valence-corrected chi connectivity index (χ2v) is 26.7. The normalized spacial score (nSPS) is 11.6. The predicted molar refractivity (Wildman–Crippen MR) is 373 cm³/mol. The van der Waals surface area contributed by atoms with Gasteiger partial charge in [0.05, 0.1) is 34.9 Å². The van der Waals surface area contributed by atoms with Gasteiger partial charge in [-0.05, 0) is 171 Å². The highest BCUT2D eigenvalue weighted by molar-refractivity contribution is 6.32. The summed E-state index contributed by atoms with van der Waals surface area (Å²) in [6.45, 7) is 30.2. The number of carboxylic acids is 1. The van der Waals surface area contributed by atoms with Crippen molar-refractivity contribution in [3.8, 4) is 5.75 Å². The molecule has 0 unspecified atom stereocenters. The molecular formula is C77H87Cl3F17N2O4+. The first-order valence-corrected chi connectivity index (χ1v) is 33.2. The van der Waals surface area contributed by atoms with Gasteiger partial charge in [0.15, 0.2) is 0 Å². The van der Waals surface area contributed by atoms with Crippen molar-refractivity contribution in [3.63, 3.8) is 0 Å². The maximum absolute atomic E-state index is 12.6. The Hall–Kier alpha value is -7.63. The molecule has 0 fully saturated rings. The number of halogens is 20. The van der Waals surface area contributed by atoms with Gasteiger partial charge in [0, 0.05) is 37.6 Å². The highest BCUT2D eigenvalue weighted by atomic mass is 35.5. The van der Waals surface area contributed by atoms with Gasteiger partial charge in [-0.2, -0.15) is 65.9 Å². The number of carbonyl (C=O) groups is 1. The van der Waals surface area contributed by atoms with Gasteiger partial charge >= 0.3 is 36.9 Å². The Morgan fingerprint density at radius 1 is 0.408 bits per heavy atom. The van der Waals surface area contributed by atoms with Gasteiger partial charge in [-0.25, -0.2) is 18.6 Å². The highest BCUT2D eigenvalue weighted by Gasteiger charge is 2.39. The van der Waals surface area contributed by atoms with Crippen molar-refractivity contribution in [2.75, 3.05) is 7.11 Å². The van der Waals surface area contributed by atoms with Crippen molar-refractivity contribution in [3.05, 3.63) is 263 Å². The van der Waals surface area contributed by atoms with E-state index in [0.717, 1.165) is 63.1 Å². The zero-order valence-electron chi connectivity index (χ0n) is 59.8. The molecule has 0 aliphatic heterocycles. The molecule has 0 atom stereocenters. The van der Waals surface area contributed by atoms with Gasteiger partial charge in [-0.3, -0.25) is 5.21 Å². The highest BCUT2D eigenvalue weighted by Crippen LogP contribution is 2.41. The van der Waals surface area contributed by atoms with Crippen molar-refractivity contribution in [2.24, 2.45) is 0 Å². The number of carboxylic acid groups (broad SMARTS) is 1. The van der Waals surface area contributed by atoms with Crippen LogP contribution in [0.4, 0.5) is 74.6 Å². The van der Waals surface area contributed by atoms with Crippen molar-refractivity contribution in [2.45, 2.75) is 189 Å². The standard InChI is InChI=1S/C11H10F6.2C10H10ClF3.C10H10F4.C10H14O.C9H10ClF.C9H11NO2.C8H12NO/c1-6(2)8-4-3-7(10(12,13)14)5-9(8)11(15,16)17;1-6(2)8-4-3-7(11)5-9(8)10(12,13)14;1-6(2)8-4-3-7(5-9(8)11)10(12,13)14;1-6(2)8-4-3-7(11)5-9(8)10(12,13)14;1-8(2)9-4-6-10(11-3)7-5-9;1-6(2)8-4-3-7(11)5-9(8)10;1-6(2)7-3-4-8(9(11)12)10-5-7;1-7(2)8-4-3-5-9(10)6-8/h3-6H,1-2H3;3*3-6H,1-2H3;4-8H,1-3H3;3-6H,1-2H3;3-6H,1-2H3,(H,11,12);3-7,10H,1-2H3/q;;;;;;;+1. The summed E-state index contributed by atoms with van der Waals surface area (Å²) in [5.41, 5.74) is 0.921. The van der Waals surface area contributed by atoms with Crippen molar-refractivity contribution in [1.29, 1.82) is 0 Å². The number of pyridine rings is 2.